The lowest BCUT2D eigenvalue weighted by atomic mass is 10.0. The Hall–Kier alpha value is -2.28. The first-order chi connectivity index (χ1) is 10.5. The summed E-state index contributed by atoms with van der Waals surface area (Å²) in [5.74, 6) is 0.865. The van der Waals surface area contributed by atoms with Crippen LogP contribution in [-0.4, -0.2) is 57.6 Å². The van der Waals surface area contributed by atoms with Crippen LogP contribution in [0.15, 0.2) is 18.2 Å². The molecule has 0 aliphatic carbocycles. The highest BCUT2D eigenvalue weighted by Gasteiger charge is 2.28. The average molecular weight is 307 g/mol. The number of ether oxygens (including phenoxy) is 2. The molecule has 0 bridgehead atoms. The Balaban J connectivity index is 1.94. The number of nitrogens with zero attached hydrogens (tertiary/aromatic N) is 1. The van der Waals surface area contributed by atoms with Crippen molar-refractivity contribution in [2.45, 2.75) is 0 Å². The highest BCUT2D eigenvalue weighted by atomic mass is 16.5. The van der Waals surface area contributed by atoms with Gasteiger partial charge in [0.2, 0.25) is 11.8 Å². The Bertz CT molecular complexity index is 535. The van der Waals surface area contributed by atoms with E-state index in [1.54, 1.807) is 39.5 Å². The molecule has 1 aromatic carbocycles. The summed E-state index contributed by atoms with van der Waals surface area (Å²) in [7, 11) is 4.71. The summed E-state index contributed by atoms with van der Waals surface area (Å²) >= 11 is 0. The van der Waals surface area contributed by atoms with Crippen LogP contribution in [0.5, 0.6) is 11.5 Å². The maximum absolute atomic E-state index is 12.1. The van der Waals surface area contributed by atoms with Crippen molar-refractivity contribution in [3.8, 4) is 11.5 Å². The third kappa shape index (κ3) is 3.88. The molecule has 120 valence electrons. The zero-order chi connectivity index (χ0) is 16.1. The van der Waals surface area contributed by atoms with E-state index in [4.69, 9.17) is 9.47 Å². The molecule has 2 N–H and O–H groups in total. The number of rotatable bonds is 6. The smallest absolute Gasteiger partial charge is 0.243 e. The van der Waals surface area contributed by atoms with Gasteiger partial charge in [0.25, 0.3) is 0 Å². The summed E-state index contributed by atoms with van der Waals surface area (Å²) in [6.45, 7) is 1.37. The van der Waals surface area contributed by atoms with Crippen molar-refractivity contribution in [1.82, 2.24) is 10.2 Å². The van der Waals surface area contributed by atoms with Crippen LogP contribution in [0.3, 0.4) is 0 Å². The summed E-state index contributed by atoms with van der Waals surface area (Å²) in [6.07, 6.45) is 0. The molecule has 0 atom stereocenters. The van der Waals surface area contributed by atoms with Crippen molar-refractivity contribution in [1.29, 1.82) is 0 Å². The van der Waals surface area contributed by atoms with E-state index in [0.29, 0.717) is 30.3 Å². The third-order valence-corrected chi connectivity index (χ3v) is 3.52. The predicted molar refractivity (Wildman–Crippen MR) is 82.2 cm³/mol. The number of hydrogen-bond acceptors (Lipinski definition) is 5. The van der Waals surface area contributed by atoms with Gasteiger partial charge in [-0.05, 0) is 0 Å². The number of likely N-dealkylation sites (N-methyl/N-ethyl adjacent to an activating group) is 1. The summed E-state index contributed by atoms with van der Waals surface area (Å²) < 4.78 is 10.3. The zero-order valence-corrected chi connectivity index (χ0v) is 13.0. The van der Waals surface area contributed by atoms with Crippen LogP contribution in [0.2, 0.25) is 0 Å². The fourth-order valence-electron chi connectivity index (χ4n) is 2.15. The molecule has 1 heterocycles. The Morgan fingerprint density at radius 3 is 2.27 bits per heavy atom. The molecule has 0 saturated carbocycles. The first kappa shape index (κ1) is 16.1. The Morgan fingerprint density at radius 2 is 1.82 bits per heavy atom. The molecule has 7 nitrogen and oxygen atoms in total. The van der Waals surface area contributed by atoms with Gasteiger partial charge in [-0.25, -0.2) is 0 Å². The quantitative estimate of drug-likeness (QED) is 0.791. The molecule has 7 heteroatoms. The molecule has 1 fully saturated rings. The lowest BCUT2D eigenvalue weighted by molar-refractivity contribution is -0.138. The van der Waals surface area contributed by atoms with E-state index in [0.717, 1.165) is 0 Å². The molecule has 0 aromatic heterocycles. The van der Waals surface area contributed by atoms with Gasteiger partial charge in [0.05, 0.1) is 26.7 Å². The SMILES string of the molecule is COc1cc(NC(=O)CN(C)C(=O)C2CNC2)cc(OC)c1. The maximum Gasteiger partial charge on any atom is 0.243 e. The Labute approximate surface area is 129 Å². The van der Waals surface area contributed by atoms with E-state index in [1.165, 1.54) is 4.90 Å². The number of benzene rings is 1. The summed E-state index contributed by atoms with van der Waals surface area (Å²) in [5, 5.41) is 5.78. The molecular weight excluding hydrogens is 286 g/mol. The second kappa shape index (κ2) is 7.13. The van der Waals surface area contributed by atoms with Gasteiger partial charge in [-0.15, -0.1) is 0 Å². The summed E-state index contributed by atoms with van der Waals surface area (Å²) in [4.78, 5) is 25.5. The second-order valence-electron chi connectivity index (χ2n) is 5.20. The van der Waals surface area contributed by atoms with E-state index in [2.05, 4.69) is 10.6 Å². The average Bonchev–Trinajstić information content (AvgIpc) is 2.44. The minimum absolute atomic E-state index is 0.00879. The van der Waals surface area contributed by atoms with Gasteiger partial charge >= 0.3 is 0 Å². The number of carbonyl (C=O) groups excluding carboxylic acids is 2. The predicted octanol–water partition coefficient (Wildman–Crippen LogP) is 0.320. The molecule has 1 aliphatic heterocycles. The summed E-state index contributed by atoms with van der Waals surface area (Å²) in [6, 6.07) is 5.10. The van der Waals surface area contributed by atoms with E-state index >= 15 is 0 Å². The number of hydrogen-bond donors (Lipinski definition) is 2. The van der Waals surface area contributed by atoms with E-state index in [-0.39, 0.29) is 24.3 Å². The molecule has 2 amide bonds. The monoisotopic (exact) mass is 307 g/mol. The molecule has 0 unspecified atom stereocenters. The minimum atomic E-state index is -0.265. The third-order valence-electron chi connectivity index (χ3n) is 3.52. The van der Waals surface area contributed by atoms with Crippen molar-refractivity contribution < 1.29 is 19.1 Å². The summed E-state index contributed by atoms with van der Waals surface area (Å²) in [5.41, 5.74) is 0.562. The Kier molecular flexibility index (Phi) is 5.21. The highest BCUT2D eigenvalue weighted by molar-refractivity contribution is 5.95. The van der Waals surface area contributed by atoms with Gasteiger partial charge in [0.15, 0.2) is 0 Å². The van der Waals surface area contributed by atoms with Gasteiger partial charge in [0.1, 0.15) is 11.5 Å². The minimum Gasteiger partial charge on any atom is -0.497 e. The lowest BCUT2D eigenvalue weighted by Gasteiger charge is -2.29. The molecule has 2 rings (SSSR count). The maximum atomic E-state index is 12.1. The number of carbonyl (C=O) groups is 2. The van der Waals surface area contributed by atoms with E-state index in [1.807, 2.05) is 0 Å². The van der Waals surface area contributed by atoms with Crippen molar-refractivity contribution in [2.75, 3.05) is 46.2 Å². The Morgan fingerprint density at radius 1 is 1.23 bits per heavy atom. The van der Waals surface area contributed by atoms with Crippen LogP contribution in [0, 0.1) is 5.92 Å². The van der Waals surface area contributed by atoms with Gasteiger partial charge < -0.3 is 25.0 Å². The van der Waals surface area contributed by atoms with Crippen molar-refractivity contribution in [2.24, 2.45) is 5.92 Å². The number of anilines is 1. The van der Waals surface area contributed by atoms with Crippen LogP contribution >= 0.6 is 0 Å². The normalized spacial score (nSPS) is 14.0. The first-order valence-corrected chi connectivity index (χ1v) is 7.02. The largest absolute Gasteiger partial charge is 0.497 e. The molecule has 22 heavy (non-hydrogen) atoms. The molecule has 0 radical (unpaired) electrons. The van der Waals surface area contributed by atoms with Crippen LogP contribution in [0.25, 0.3) is 0 Å². The number of methoxy groups -OCH3 is 2. The van der Waals surface area contributed by atoms with Gasteiger partial charge in [-0.1, -0.05) is 0 Å². The fraction of sp³-hybridized carbons (Fsp3) is 0.467. The van der Waals surface area contributed by atoms with Crippen molar-refractivity contribution >= 4 is 17.5 Å². The highest BCUT2D eigenvalue weighted by Crippen LogP contribution is 2.25. The second-order valence-corrected chi connectivity index (χ2v) is 5.20. The van der Waals surface area contributed by atoms with Crippen LogP contribution in [0.4, 0.5) is 5.69 Å². The van der Waals surface area contributed by atoms with Crippen LogP contribution in [-0.2, 0) is 9.59 Å². The van der Waals surface area contributed by atoms with Crippen LogP contribution in [0.1, 0.15) is 0 Å². The van der Waals surface area contributed by atoms with Crippen molar-refractivity contribution in [3.05, 3.63) is 18.2 Å². The fourth-order valence-corrected chi connectivity index (χ4v) is 2.15. The first-order valence-electron chi connectivity index (χ1n) is 7.02. The van der Waals surface area contributed by atoms with Gasteiger partial charge in [-0.2, -0.15) is 0 Å². The molecule has 1 aliphatic rings. The topological polar surface area (TPSA) is 79.9 Å². The van der Waals surface area contributed by atoms with Gasteiger partial charge in [0, 0.05) is 44.0 Å². The molecule has 1 saturated heterocycles. The molecule has 1 aromatic rings. The van der Waals surface area contributed by atoms with Gasteiger partial charge in [-0.3, -0.25) is 9.59 Å². The zero-order valence-electron chi connectivity index (χ0n) is 13.0. The standard InChI is InChI=1S/C15H21N3O4/c1-18(15(20)10-7-16-8-10)9-14(19)17-11-4-12(21-2)6-13(5-11)22-3/h4-6,10,16H,7-9H2,1-3H3,(H,17,19). The van der Waals surface area contributed by atoms with Crippen molar-refractivity contribution in [3.63, 3.8) is 0 Å². The molecular formula is C15H21N3O4. The van der Waals surface area contributed by atoms with E-state index < -0.39 is 0 Å². The van der Waals surface area contributed by atoms with E-state index in [9.17, 15) is 9.59 Å². The van der Waals surface area contributed by atoms with Crippen LogP contribution < -0.4 is 20.1 Å². The number of nitrogens with one attached hydrogen (secondary N) is 2. The molecule has 0 spiro atoms. The lowest BCUT2D eigenvalue weighted by Crippen LogP contribution is -2.52. The number of amides is 2.